The van der Waals surface area contributed by atoms with Crippen LogP contribution < -0.4 is 15.5 Å². The number of rotatable bonds is 37. The number of piperazine rings is 1. The number of nitrogens with zero attached hydrogens (tertiary/aromatic N) is 6. The van der Waals surface area contributed by atoms with Gasteiger partial charge in [0.25, 0.3) is 15.9 Å². The van der Waals surface area contributed by atoms with E-state index in [4.69, 9.17) is 19.0 Å². The monoisotopic (exact) mass is 1130 g/mol. The van der Waals surface area contributed by atoms with Gasteiger partial charge >= 0.3 is 35.9 Å². The van der Waals surface area contributed by atoms with E-state index in [2.05, 4.69) is 5.32 Å². The molecular formula is C50H68N8O20S. The molecule has 0 saturated carbocycles. The highest BCUT2D eigenvalue weighted by Gasteiger charge is 2.38. The third-order valence-electron chi connectivity index (χ3n) is 12.3. The van der Waals surface area contributed by atoms with Crippen LogP contribution in [0, 0.1) is 0 Å². The first-order valence-electron chi connectivity index (χ1n) is 24.9. The zero-order valence-electron chi connectivity index (χ0n) is 43.5. The zero-order chi connectivity index (χ0) is 57.9. The number of hydrogen-bond donors (Lipinski definition) is 8. The van der Waals surface area contributed by atoms with Gasteiger partial charge in [-0.3, -0.25) is 63.2 Å². The van der Waals surface area contributed by atoms with Crippen molar-refractivity contribution in [2.45, 2.75) is 42.8 Å². The predicted octanol–water partition coefficient (Wildman–Crippen LogP) is 0.114. The molecular weight excluding hydrogens is 1060 g/mol. The summed E-state index contributed by atoms with van der Waals surface area (Å²) in [6, 6.07) is 18.6. The van der Waals surface area contributed by atoms with Gasteiger partial charge in [0.1, 0.15) is 24.4 Å². The zero-order valence-corrected chi connectivity index (χ0v) is 44.3. The number of carboxylic acids is 5. The summed E-state index contributed by atoms with van der Waals surface area (Å²) >= 11 is 0. The third kappa shape index (κ3) is 22.5. The van der Waals surface area contributed by atoms with E-state index in [-0.39, 0.29) is 95.7 Å². The number of alkyl carbamates (subject to hydrolysis) is 1. The van der Waals surface area contributed by atoms with Crippen molar-refractivity contribution in [2.75, 3.05) is 119 Å². The summed E-state index contributed by atoms with van der Waals surface area (Å²) in [5.41, 5.74) is 3.62. The highest BCUT2D eigenvalue weighted by Crippen LogP contribution is 2.27. The molecule has 1 aliphatic rings. The summed E-state index contributed by atoms with van der Waals surface area (Å²) in [4.78, 5) is 110. The van der Waals surface area contributed by atoms with Gasteiger partial charge in [-0.05, 0) is 53.8 Å². The maximum atomic E-state index is 14.3. The maximum Gasteiger partial charge on any atom is 0.407 e. The molecule has 0 aromatic heterocycles. The van der Waals surface area contributed by atoms with Crippen molar-refractivity contribution in [2.24, 2.45) is 0 Å². The molecule has 2 atom stereocenters. The van der Waals surface area contributed by atoms with Crippen molar-refractivity contribution >= 4 is 57.8 Å². The normalized spacial score (nSPS) is 13.7. The van der Waals surface area contributed by atoms with Gasteiger partial charge in [-0.1, -0.05) is 59.1 Å². The van der Waals surface area contributed by atoms with Crippen LogP contribution in [0.15, 0.2) is 83.8 Å². The lowest BCUT2D eigenvalue weighted by Crippen LogP contribution is -2.51. The van der Waals surface area contributed by atoms with E-state index in [1.807, 2.05) is 4.90 Å². The first-order chi connectivity index (χ1) is 37.7. The largest absolute Gasteiger partial charge is 0.497 e. The van der Waals surface area contributed by atoms with E-state index in [1.165, 1.54) is 29.6 Å². The second-order valence-corrected chi connectivity index (χ2v) is 19.7. The fourth-order valence-electron chi connectivity index (χ4n) is 8.27. The van der Waals surface area contributed by atoms with Gasteiger partial charge in [0.15, 0.2) is 0 Å². The highest BCUT2D eigenvalue weighted by atomic mass is 32.2. The van der Waals surface area contributed by atoms with E-state index in [1.54, 1.807) is 71.6 Å². The smallest absolute Gasteiger partial charge is 0.407 e. The standard InChI is InChI=1S/C50H68N8O20S/c1-75-39-11-7-37(8-12-39)38-9-13-40(14-10-38)79(73,74)58(41(48(68)52-72)17-18-51-50(71)77-35-36-5-3-2-4-6-36)78-30-29-76-28-27-53-19-25-57(26-20-53)43(59)16-15-42(49(69)70)56(23-21-54(31-44(60)61)32-45(62)63)24-22-55(33-46(64)65)34-47(66)67/h2-14,41-42,72H,15-35H2,1H3,(H,51,71)(H,52,68)(H,60,61)(H,62,63)(H,64,65)(H,66,67)(H,69,70)/t41-,42+/m1/s1. The number of nitrogens with one attached hydrogen (secondary N) is 2. The predicted molar refractivity (Wildman–Crippen MR) is 276 cm³/mol. The van der Waals surface area contributed by atoms with E-state index in [0.717, 1.165) is 15.4 Å². The third-order valence-corrected chi connectivity index (χ3v) is 14.0. The fraction of sp³-hybridized carbons (Fsp3) is 0.480. The lowest BCUT2D eigenvalue weighted by Gasteiger charge is -2.35. The van der Waals surface area contributed by atoms with Crippen LogP contribution in [0.3, 0.4) is 0 Å². The molecule has 79 heavy (non-hydrogen) atoms. The van der Waals surface area contributed by atoms with E-state index >= 15 is 0 Å². The van der Waals surface area contributed by atoms with Crippen LogP contribution in [-0.4, -0.2) is 247 Å². The van der Waals surface area contributed by atoms with Gasteiger partial charge in [0, 0.05) is 71.9 Å². The molecule has 3 aromatic rings. The molecule has 1 fully saturated rings. The van der Waals surface area contributed by atoms with Crippen molar-refractivity contribution in [1.82, 2.24) is 39.8 Å². The molecule has 0 bridgehead atoms. The molecule has 1 heterocycles. The fourth-order valence-corrected chi connectivity index (χ4v) is 9.70. The Balaban J connectivity index is 1.34. The quantitative estimate of drug-likeness (QED) is 0.0216. The Labute approximate surface area is 455 Å². The van der Waals surface area contributed by atoms with E-state index < -0.39 is 96.7 Å². The number of benzene rings is 3. The Morgan fingerprint density at radius 3 is 1.71 bits per heavy atom. The number of amides is 3. The van der Waals surface area contributed by atoms with Crippen molar-refractivity contribution in [3.05, 3.63) is 84.4 Å². The lowest BCUT2D eigenvalue weighted by atomic mass is 10.1. The summed E-state index contributed by atoms with van der Waals surface area (Å²) in [5, 5.41) is 59.7. The number of sulfonamides is 1. The Bertz CT molecular complexity index is 2500. The van der Waals surface area contributed by atoms with Gasteiger partial charge in [0.05, 0.1) is 58.0 Å². The van der Waals surface area contributed by atoms with Crippen LogP contribution in [0.25, 0.3) is 11.1 Å². The minimum Gasteiger partial charge on any atom is -0.497 e. The minimum atomic E-state index is -4.66. The van der Waals surface area contributed by atoms with Crippen molar-refractivity contribution in [3.8, 4) is 16.9 Å². The SMILES string of the molecule is COc1ccc(-c2ccc(S(=O)(=O)N(OCCOCCN3CCN(C(=O)CC[C@@H](C(=O)O)N(CCN(CC(=O)O)CC(=O)O)CCN(CC(=O)O)CC(=O)O)CC3)[C@H](CCNC(=O)OCc3ccccc3)C(=O)NO)cc2)cc1. The molecule has 29 heteroatoms. The van der Waals surface area contributed by atoms with Crippen molar-refractivity contribution < 1.29 is 96.6 Å². The number of hydroxylamine groups is 2. The highest BCUT2D eigenvalue weighted by molar-refractivity contribution is 7.89. The Morgan fingerprint density at radius 2 is 1.20 bits per heavy atom. The molecule has 0 radical (unpaired) electrons. The van der Waals surface area contributed by atoms with Gasteiger partial charge in [-0.25, -0.2) is 18.7 Å². The van der Waals surface area contributed by atoms with Crippen molar-refractivity contribution in [1.29, 1.82) is 0 Å². The molecule has 28 nitrogen and oxygen atoms in total. The molecule has 1 aliphatic heterocycles. The molecule has 0 spiro atoms. The minimum absolute atomic E-state index is 0.0550. The van der Waals surface area contributed by atoms with Crippen LogP contribution in [0.1, 0.15) is 24.8 Å². The van der Waals surface area contributed by atoms with Gasteiger partial charge in [0.2, 0.25) is 5.91 Å². The number of carboxylic acid groups (broad SMARTS) is 5. The average Bonchev–Trinajstić information content (AvgIpc) is 3.54. The summed E-state index contributed by atoms with van der Waals surface area (Å²) in [7, 11) is -3.13. The number of carbonyl (C=O) groups excluding carboxylic acids is 3. The van der Waals surface area contributed by atoms with E-state index in [9.17, 15) is 77.5 Å². The van der Waals surface area contributed by atoms with Gasteiger partial charge < -0.3 is 50.0 Å². The maximum absolute atomic E-state index is 14.3. The first-order valence-corrected chi connectivity index (χ1v) is 26.3. The molecule has 4 rings (SSSR count). The molecule has 8 N–H and O–H groups in total. The average molecular weight is 1130 g/mol. The molecule has 3 aromatic carbocycles. The summed E-state index contributed by atoms with van der Waals surface area (Å²) in [6.45, 7) is -2.81. The molecule has 3 amide bonds. The Morgan fingerprint density at radius 1 is 0.658 bits per heavy atom. The number of aliphatic carboxylic acids is 5. The first kappa shape index (κ1) is 64.2. The Hall–Kier alpha value is -7.35. The van der Waals surface area contributed by atoms with E-state index in [0.29, 0.717) is 41.0 Å². The number of hydrogen-bond acceptors (Lipinski definition) is 19. The van der Waals surface area contributed by atoms with Crippen molar-refractivity contribution in [3.63, 3.8) is 0 Å². The topological polar surface area (TPSA) is 372 Å². The van der Waals surface area contributed by atoms with Crippen LogP contribution >= 0.6 is 0 Å². The molecule has 0 unspecified atom stereocenters. The van der Waals surface area contributed by atoms with Crippen LogP contribution in [0.2, 0.25) is 0 Å². The van der Waals surface area contributed by atoms with Gasteiger partial charge in [-0.2, -0.15) is 0 Å². The number of methoxy groups -OCH3 is 1. The second kappa shape index (κ2) is 33.2. The summed E-state index contributed by atoms with van der Waals surface area (Å²) < 4.78 is 45.2. The van der Waals surface area contributed by atoms with Crippen LogP contribution in [0.5, 0.6) is 5.75 Å². The number of carbonyl (C=O) groups is 8. The Kier molecular flexibility index (Phi) is 26.9. The van der Waals surface area contributed by atoms with Crippen LogP contribution in [-0.2, 0) is 64.5 Å². The summed E-state index contributed by atoms with van der Waals surface area (Å²) in [5.74, 6) is -7.65. The molecule has 434 valence electrons. The van der Waals surface area contributed by atoms with Crippen LogP contribution in [0.4, 0.5) is 4.79 Å². The molecule has 1 saturated heterocycles. The second-order valence-electron chi connectivity index (χ2n) is 17.9. The lowest BCUT2D eigenvalue weighted by molar-refractivity contribution is -0.159. The molecule has 0 aliphatic carbocycles. The number of ether oxygens (including phenoxy) is 3. The summed E-state index contributed by atoms with van der Waals surface area (Å²) in [6.07, 6.45) is -1.72. The van der Waals surface area contributed by atoms with Gasteiger partial charge in [-0.15, -0.1) is 0 Å².